The summed E-state index contributed by atoms with van der Waals surface area (Å²) in [6, 6.07) is 7.36. The second-order valence-corrected chi connectivity index (χ2v) is 9.66. The van der Waals surface area contributed by atoms with Crippen molar-refractivity contribution in [2.45, 2.75) is 52.0 Å². The van der Waals surface area contributed by atoms with Crippen LogP contribution < -0.4 is 10.2 Å². The fraction of sp³-hybridized carbons (Fsp3) is 0.600. The maximum absolute atomic E-state index is 12.2. The fourth-order valence-corrected chi connectivity index (χ4v) is 3.25. The molecule has 1 aromatic carbocycles. The van der Waals surface area contributed by atoms with Crippen LogP contribution in [0.1, 0.15) is 40.2 Å². The molecular formula is C20H32N2O3S2. The van der Waals surface area contributed by atoms with Crippen LogP contribution in [0.25, 0.3) is 0 Å². The van der Waals surface area contributed by atoms with Crippen molar-refractivity contribution in [3.05, 3.63) is 29.8 Å². The summed E-state index contributed by atoms with van der Waals surface area (Å²) >= 11 is 5.65. The highest BCUT2D eigenvalue weighted by molar-refractivity contribution is 7.98. The van der Waals surface area contributed by atoms with E-state index in [9.17, 15) is 14.7 Å². The number of nitrogens with one attached hydrogen (secondary N) is 1. The summed E-state index contributed by atoms with van der Waals surface area (Å²) < 4.78 is 0. The van der Waals surface area contributed by atoms with Gasteiger partial charge in [0.2, 0.25) is 5.91 Å². The fourth-order valence-electron chi connectivity index (χ4n) is 2.10. The molecule has 0 heterocycles. The van der Waals surface area contributed by atoms with Gasteiger partial charge in [0.15, 0.2) is 0 Å². The van der Waals surface area contributed by atoms with E-state index in [1.165, 1.54) is 11.8 Å². The Morgan fingerprint density at radius 3 is 2.19 bits per heavy atom. The van der Waals surface area contributed by atoms with Crippen LogP contribution in [0.3, 0.4) is 0 Å². The number of aliphatic carboxylic acids is 1. The molecule has 5 nitrogen and oxygen atoms in total. The predicted octanol–water partition coefficient (Wildman–Crippen LogP) is 3.68. The molecule has 2 N–H and O–H groups in total. The summed E-state index contributed by atoms with van der Waals surface area (Å²) in [6.07, 6.45) is 0. The molecule has 1 unspecified atom stereocenters. The van der Waals surface area contributed by atoms with Crippen molar-refractivity contribution in [2.24, 2.45) is 5.41 Å². The van der Waals surface area contributed by atoms with Gasteiger partial charge in [0.25, 0.3) is 0 Å². The molecule has 1 aromatic rings. The molecule has 0 saturated heterocycles. The van der Waals surface area contributed by atoms with Gasteiger partial charge in [-0.05, 0) is 38.5 Å². The van der Waals surface area contributed by atoms with Crippen molar-refractivity contribution < 1.29 is 14.7 Å². The van der Waals surface area contributed by atoms with Crippen LogP contribution in [0, 0.1) is 5.41 Å². The van der Waals surface area contributed by atoms with E-state index in [0.717, 1.165) is 11.3 Å². The van der Waals surface area contributed by atoms with E-state index in [0.29, 0.717) is 17.3 Å². The summed E-state index contributed by atoms with van der Waals surface area (Å²) in [5.41, 5.74) is 1.61. The molecule has 0 aromatic heterocycles. The van der Waals surface area contributed by atoms with Crippen molar-refractivity contribution in [2.75, 3.05) is 23.5 Å². The molecule has 27 heavy (non-hydrogen) atoms. The molecule has 0 aliphatic heterocycles. The average molecular weight is 413 g/mol. The van der Waals surface area contributed by atoms with E-state index in [-0.39, 0.29) is 11.4 Å². The summed E-state index contributed by atoms with van der Waals surface area (Å²) in [7, 11) is 2.07. The SMILES string of the molecule is CN(c1ccc(CSCC(NC(=O)C(C)(C)CS)C(=O)O)cc1)C(C)(C)C. The van der Waals surface area contributed by atoms with Gasteiger partial charge in [-0.2, -0.15) is 24.4 Å². The van der Waals surface area contributed by atoms with Gasteiger partial charge in [0.1, 0.15) is 6.04 Å². The number of benzene rings is 1. The van der Waals surface area contributed by atoms with Crippen LogP contribution in [0.15, 0.2) is 24.3 Å². The number of nitrogens with zero attached hydrogens (tertiary/aromatic N) is 1. The number of amides is 1. The van der Waals surface area contributed by atoms with Gasteiger partial charge in [0, 0.05) is 35.5 Å². The molecule has 0 bridgehead atoms. The summed E-state index contributed by atoms with van der Waals surface area (Å²) in [6.45, 7) is 9.97. The first-order valence-corrected chi connectivity index (χ1v) is 10.7. The predicted molar refractivity (Wildman–Crippen MR) is 118 cm³/mol. The molecule has 0 aliphatic carbocycles. The molecule has 7 heteroatoms. The normalized spacial score (nSPS) is 13.1. The number of hydrogen-bond donors (Lipinski definition) is 3. The van der Waals surface area contributed by atoms with E-state index in [2.05, 4.69) is 74.9 Å². The molecule has 1 atom stereocenters. The lowest BCUT2D eigenvalue weighted by Crippen LogP contribution is -2.48. The van der Waals surface area contributed by atoms with Gasteiger partial charge in [-0.25, -0.2) is 4.79 Å². The van der Waals surface area contributed by atoms with Crippen LogP contribution in [-0.2, 0) is 15.3 Å². The molecule has 1 rings (SSSR count). The second-order valence-electron chi connectivity index (χ2n) is 8.32. The largest absolute Gasteiger partial charge is 0.480 e. The first-order chi connectivity index (χ1) is 12.4. The molecule has 0 aliphatic rings. The Bertz CT molecular complexity index is 640. The van der Waals surface area contributed by atoms with Crippen LogP contribution in [0.2, 0.25) is 0 Å². The van der Waals surface area contributed by atoms with Crippen LogP contribution in [-0.4, -0.2) is 47.1 Å². The number of carboxylic acid groups (broad SMARTS) is 1. The standard InChI is InChI=1S/C20H32N2O3S2/c1-19(2,3)22(6)15-9-7-14(8-10-15)11-27-12-16(17(23)24)21-18(25)20(4,5)13-26/h7-10,16,26H,11-13H2,1-6H3,(H,21,25)(H,23,24). The lowest BCUT2D eigenvalue weighted by molar-refractivity contribution is -0.142. The van der Waals surface area contributed by atoms with Crippen LogP contribution in [0.5, 0.6) is 0 Å². The van der Waals surface area contributed by atoms with E-state index < -0.39 is 17.4 Å². The lowest BCUT2D eigenvalue weighted by atomic mass is 9.95. The lowest BCUT2D eigenvalue weighted by Gasteiger charge is -2.34. The van der Waals surface area contributed by atoms with Gasteiger partial charge in [-0.15, -0.1) is 0 Å². The molecule has 0 spiro atoms. The third-order valence-electron chi connectivity index (χ3n) is 4.50. The Morgan fingerprint density at radius 1 is 1.19 bits per heavy atom. The summed E-state index contributed by atoms with van der Waals surface area (Å²) in [5, 5.41) is 12.0. The molecule has 0 fully saturated rings. The number of thiol groups is 1. The highest BCUT2D eigenvalue weighted by Crippen LogP contribution is 2.24. The Hall–Kier alpha value is -1.34. The quantitative estimate of drug-likeness (QED) is 0.540. The zero-order valence-electron chi connectivity index (χ0n) is 17.1. The molecule has 152 valence electrons. The first kappa shape index (κ1) is 23.7. The Kier molecular flexibility index (Phi) is 8.54. The van der Waals surface area contributed by atoms with Crippen molar-refractivity contribution in [1.82, 2.24) is 5.32 Å². The van der Waals surface area contributed by atoms with Gasteiger partial charge in [0.05, 0.1) is 5.41 Å². The number of carboxylic acids is 1. The number of thioether (sulfide) groups is 1. The van der Waals surface area contributed by atoms with E-state index >= 15 is 0 Å². The zero-order chi connectivity index (χ0) is 20.8. The Morgan fingerprint density at radius 2 is 1.74 bits per heavy atom. The van der Waals surface area contributed by atoms with Gasteiger partial charge in [-0.3, -0.25) is 4.79 Å². The van der Waals surface area contributed by atoms with Crippen molar-refractivity contribution in [1.29, 1.82) is 0 Å². The van der Waals surface area contributed by atoms with Crippen LogP contribution >= 0.6 is 24.4 Å². The topological polar surface area (TPSA) is 69.6 Å². The summed E-state index contributed by atoms with van der Waals surface area (Å²) in [5.74, 6) is 0.0453. The molecule has 1 amide bonds. The third-order valence-corrected chi connectivity index (χ3v) is 6.39. The monoisotopic (exact) mass is 412 g/mol. The van der Waals surface area contributed by atoms with Crippen LogP contribution in [0.4, 0.5) is 5.69 Å². The minimum atomic E-state index is -1.02. The van der Waals surface area contributed by atoms with E-state index in [1.54, 1.807) is 13.8 Å². The van der Waals surface area contributed by atoms with E-state index in [1.807, 2.05) is 0 Å². The van der Waals surface area contributed by atoms with Crippen molar-refractivity contribution in [3.8, 4) is 0 Å². The van der Waals surface area contributed by atoms with E-state index in [4.69, 9.17) is 0 Å². The number of carbonyl (C=O) groups excluding carboxylic acids is 1. The third kappa shape index (κ3) is 7.30. The Labute approximate surface area is 172 Å². The smallest absolute Gasteiger partial charge is 0.327 e. The summed E-state index contributed by atoms with van der Waals surface area (Å²) in [4.78, 5) is 25.9. The molecular weight excluding hydrogens is 380 g/mol. The average Bonchev–Trinajstić information content (AvgIpc) is 2.59. The maximum atomic E-state index is 12.2. The highest BCUT2D eigenvalue weighted by Gasteiger charge is 2.30. The first-order valence-electron chi connectivity index (χ1n) is 8.93. The second kappa shape index (κ2) is 9.73. The van der Waals surface area contributed by atoms with Crippen molar-refractivity contribution >= 4 is 42.0 Å². The number of rotatable bonds is 9. The van der Waals surface area contributed by atoms with Crippen molar-refractivity contribution in [3.63, 3.8) is 0 Å². The molecule has 0 radical (unpaired) electrons. The highest BCUT2D eigenvalue weighted by atomic mass is 32.2. The number of hydrogen-bond acceptors (Lipinski definition) is 5. The zero-order valence-corrected chi connectivity index (χ0v) is 18.8. The Balaban J connectivity index is 2.61. The molecule has 0 saturated carbocycles. The van der Waals surface area contributed by atoms with Gasteiger partial charge in [-0.1, -0.05) is 26.0 Å². The maximum Gasteiger partial charge on any atom is 0.327 e. The minimum absolute atomic E-state index is 0.0456. The minimum Gasteiger partial charge on any atom is -0.480 e. The van der Waals surface area contributed by atoms with Gasteiger partial charge < -0.3 is 15.3 Å². The number of carbonyl (C=O) groups is 2. The van der Waals surface area contributed by atoms with Gasteiger partial charge >= 0.3 is 5.97 Å². The number of anilines is 1.